The molecule has 2 nitrogen and oxygen atoms in total. The van der Waals surface area contributed by atoms with Crippen molar-refractivity contribution in [1.82, 2.24) is 5.32 Å². The Morgan fingerprint density at radius 2 is 1.94 bits per heavy atom. The van der Waals surface area contributed by atoms with Gasteiger partial charge >= 0.3 is 6.36 Å². The summed E-state index contributed by atoms with van der Waals surface area (Å²) in [5, 5.41) is 3.22. The van der Waals surface area contributed by atoms with Gasteiger partial charge in [-0.05, 0) is 37.9 Å². The number of aryl methyl sites for hydroxylation is 1. The lowest BCUT2D eigenvalue weighted by Gasteiger charge is -2.15. The zero-order valence-electron chi connectivity index (χ0n) is 10.6. The van der Waals surface area contributed by atoms with E-state index in [0.717, 1.165) is 13.0 Å². The van der Waals surface area contributed by atoms with E-state index in [1.165, 1.54) is 12.1 Å². The maximum absolute atomic E-state index is 12.2. The monoisotopic (exact) mass is 261 g/mol. The van der Waals surface area contributed by atoms with Gasteiger partial charge in [-0.15, -0.1) is 13.2 Å². The number of alkyl halides is 3. The molecule has 0 radical (unpaired) electrons. The molecule has 0 aliphatic rings. The summed E-state index contributed by atoms with van der Waals surface area (Å²) in [6.45, 7) is 4.86. The first-order chi connectivity index (χ1) is 8.42. The van der Waals surface area contributed by atoms with Crippen molar-refractivity contribution >= 4 is 0 Å². The van der Waals surface area contributed by atoms with Crippen LogP contribution in [0.15, 0.2) is 24.3 Å². The normalized spacial score (nSPS) is 13.4. The number of para-hydroxylation sites is 1. The van der Waals surface area contributed by atoms with Crippen molar-refractivity contribution < 1.29 is 17.9 Å². The molecule has 1 aromatic rings. The van der Waals surface area contributed by atoms with Gasteiger partial charge in [-0.2, -0.15) is 0 Å². The van der Waals surface area contributed by atoms with Crippen LogP contribution in [0.2, 0.25) is 0 Å². The fourth-order valence-electron chi connectivity index (χ4n) is 1.76. The maximum Gasteiger partial charge on any atom is 0.573 e. The van der Waals surface area contributed by atoms with Crippen LogP contribution in [-0.2, 0) is 6.42 Å². The van der Waals surface area contributed by atoms with Gasteiger partial charge < -0.3 is 10.1 Å². The van der Waals surface area contributed by atoms with Gasteiger partial charge in [0.15, 0.2) is 0 Å². The molecule has 1 atom stereocenters. The molecule has 0 fully saturated rings. The molecule has 0 spiro atoms. The van der Waals surface area contributed by atoms with Gasteiger partial charge in [0.1, 0.15) is 5.75 Å². The fourth-order valence-corrected chi connectivity index (χ4v) is 1.76. The second-order valence-electron chi connectivity index (χ2n) is 4.15. The molecule has 1 rings (SSSR count). The lowest BCUT2D eigenvalue weighted by atomic mass is 10.1. The number of hydrogen-bond donors (Lipinski definition) is 1. The van der Waals surface area contributed by atoms with E-state index in [9.17, 15) is 13.2 Å². The minimum Gasteiger partial charge on any atom is -0.406 e. The highest BCUT2D eigenvalue weighted by Crippen LogP contribution is 2.27. The SMILES string of the molecule is CCNC(C)CCc1ccccc1OC(F)(F)F. The standard InChI is InChI=1S/C13H18F3NO/c1-3-17-10(2)8-9-11-6-4-5-7-12(11)18-13(14,15)16/h4-7,10,17H,3,8-9H2,1-2H3. The summed E-state index contributed by atoms with van der Waals surface area (Å²) in [6.07, 6.45) is -3.31. The number of benzene rings is 1. The van der Waals surface area contributed by atoms with Crippen LogP contribution in [0, 0.1) is 0 Å². The van der Waals surface area contributed by atoms with E-state index in [4.69, 9.17) is 0 Å². The summed E-state index contributed by atoms with van der Waals surface area (Å²) >= 11 is 0. The zero-order valence-corrected chi connectivity index (χ0v) is 10.6. The molecule has 102 valence electrons. The summed E-state index contributed by atoms with van der Waals surface area (Å²) in [7, 11) is 0. The summed E-state index contributed by atoms with van der Waals surface area (Å²) in [6, 6.07) is 6.55. The summed E-state index contributed by atoms with van der Waals surface area (Å²) < 4.78 is 40.6. The van der Waals surface area contributed by atoms with Crippen LogP contribution in [0.4, 0.5) is 13.2 Å². The Kier molecular flexibility index (Phi) is 5.47. The van der Waals surface area contributed by atoms with Gasteiger partial charge in [0.05, 0.1) is 0 Å². The Morgan fingerprint density at radius 3 is 2.56 bits per heavy atom. The van der Waals surface area contributed by atoms with Gasteiger partial charge in [0.25, 0.3) is 0 Å². The lowest BCUT2D eigenvalue weighted by molar-refractivity contribution is -0.274. The summed E-state index contributed by atoms with van der Waals surface area (Å²) in [4.78, 5) is 0. The number of halogens is 3. The van der Waals surface area contributed by atoms with Crippen molar-refractivity contribution in [1.29, 1.82) is 0 Å². The molecule has 0 aromatic heterocycles. The Balaban J connectivity index is 2.65. The first kappa shape index (κ1) is 14.8. The molecule has 0 aliphatic heterocycles. The fraction of sp³-hybridized carbons (Fsp3) is 0.538. The second kappa shape index (κ2) is 6.64. The van der Waals surface area contributed by atoms with Crippen LogP contribution in [0.5, 0.6) is 5.75 Å². The molecule has 5 heteroatoms. The summed E-state index contributed by atoms with van der Waals surface area (Å²) in [5.41, 5.74) is 0.583. The molecule has 1 unspecified atom stereocenters. The Hall–Kier alpha value is -1.23. The molecule has 18 heavy (non-hydrogen) atoms. The van der Waals surface area contributed by atoms with Gasteiger partial charge in [-0.1, -0.05) is 25.1 Å². The predicted octanol–water partition coefficient (Wildman–Crippen LogP) is 3.52. The highest BCUT2D eigenvalue weighted by molar-refractivity contribution is 5.33. The average Bonchev–Trinajstić information content (AvgIpc) is 2.26. The van der Waals surface area contributed by atoms with E-state index in [1.807, 2.05) is 13.8 Å². The largest absolute Gasteiger partial charge is 0.573 e. The molecule has 0 aliphatic carbocycles. The zero-order chi connectivity index (χ0) is 13.6. The van der Waals surface area contributed by atoms with Crippen LogP contribution in [0.1, 0.15) is 25.8 Å². The Bertz CT molecular complexity index is 365. The Morgan fingerprint density at radius 1 is 1.28 bits per heavy atom. The lowest BCUT2D eigenvalue weighted by Crippen LogP contribution is -2.26. The molecule has 0 heterocycles. The van der Waals surface area contributed by atoms with Crippen molar-refractivity contribution in [3.8, 4) is 5.75 Å². The van der Waals surface area contributed by atoms with Crippen molar-refractivity contribution in [2.45, 2.75) is 39.1 Å². The molecule has 0 amide bonds. The first-order valence-electron chi connectivity index (χ1n) is 5.99. The minimum atomic E-state index is -4.64. The highest BCUT2D eigenvalue weighted by atomic mass is 19.4. The van der Waals surface area contributed by atoms with Crippen LogP contribution in [0.3, 0.4) is 0 Å². The van der Waals surface area contributed by atoms with Crippen LogP contribution >= 0.6 is 0 Å². The van der Waals surface area contributed by atoms with Gasteiger partial charge in [0, 0.05) is 6.04 Å². The van der Waals surface area contributed by atoms with E-state index in [1.54, 1.807) is 12.1 Å². The summed E-state index contributed by atoms with van der Waals surface area (Å²) in [5.74, 6) is -0.103. The van der Waals surface area contributed by atoms with Crippen LogP contribution in [0.25, 0.3) is 0 Å². The van der Waals surface area contributed by atoms with E-state index in [2.05, 4.69) is 10.1 Å². The van der Waals surface area contributed by atoms with E-state index in [0.29, 0.717) is 12.0 Å². The number of ether oxygens (including phenoxy) is 1. The van der Waals surface area contributed by atoms with Gasteiger partial charge in [0.2, 0.25) is 0 Å². The van der Waals surface area contributed by atoms with E-state index in [-0.39, 0.29) is 11.8 Å². The topological polar surface area (TPSA) is 21.3 Å². The average molecular weight is 261 g/mol. The van der Waals surface area contributed by atoms with Crippen LogP contribution < -0.4 is 10.1 Å². The van der Waals surface area contributed by atoms with E-state index < -0.39 is 6.36 Å². The second-order valence-corrected chi connectivity index (χ2v) is 4.15. The maximum atomic E-state index is 12.2. The third kappa shape index (κ3) is 5.40. The molecule has 1 aromatic carbocycles. The van der Waals surface area contributed by atoms with E-state index >= 15 is 0 Å². The van der Waals surface area contributed by atoms with Crippen molar-refractivity contribution in [2.75, 3.05) is 6.54 Å². The molecule has 0 saturated carbocycles. The number of hydrogen-bond acceptors (Lipinski definition) is 2. The quantitative estimate of drug-likeness (QED) is 0.846. The first-order valence-corrected chi connectivity index (χ1v) is 5.99. The molecular weight excluding hydrogens is 243 g/mol. The predicted molar refractivity (Wildman–Crippen MR) is 64.6 cm³/mol. The van der Waals surface area contributed by atoms with Crippen LogP contribution in [-0.4, -0.2) is 18.9 Å². The highest BCUT2D eigenvalue weighted by Gasteiger charge is 2.31. The molecule has 0 saturated heterocycles. The molecule has 0 bridgehead atoms. The third-order valence-corrected chi connectivity index (χ3v) is 2.60. The van der Waals surface area contributed by atoms with Gasteiger partial charge in [-0.3, -0.25) is 0 Å². The number of rotatable bonds is 6. The minimum absolute atomic E-state index is 0.103. The third-order valence-electron chi connectivity index (χ3n) is 2.60. The molecule has 1 N–H and O–H groups in total. The van der Waals surface area contributed by atoms with Crippen molar-refractivity contribution in [3.63, 3.8) is 0 Å². The van der Waals surface area contributed by atoms with Crippen molar-refractivity contribution in [2.24, 2.45) is 0 Å². The molecular formula is C13H18F3NO. The number of nitrogens with one attached hydrogen (secondary N) is 1. The smallest absolute Gasteiger partial charge is 0.406 e. The van der Waals surface area contributed by atoms with Crippen molar-refractivity contribution in [3.05, 3.63) is 29.8 Å². The Labute approximate surface area is 105 Å². The van der Waals surface area contributed by atoms with Gasteiger partial charge in [-0.25, -0.2) is 0 Å².